The number of halogens is 3. The Balaban J connectivity index is 1.32. The van der Waals surface area contributed by atoms with Gasteiger partial charge < -0.3 is 14.6 Å². The molecule has 1 aliphatic heterocycles. The zero-order chi connectivity index (χ0) is 27.3. The molecule has 39 heavy (non-hydrogen) atoms. The molecule has 200 valence electrons. The van der Waals surface area contributed by atoms with Crippen molar-refractivity contribution in [3.05, 3.63) is 89.0 Å². The molecular formula is C29H24F3N3O4. The summed E-state index contributed by atoms with van der Waals surface area (Å²) in [5, 5.41) is 13.4. The first-order valence-corrected chi connectivity index (χ1v) is 12.5. The number of alkyl halides is 3. The fraction of sp³-hybridized carbons (Fsp3) is 0.276. The number of ether oxygens (including phenoxy) is 2. The van der Waals surface area contributed by atoms with Crippen molar-refractivity contribution in [2.75, 3.05) is 6.61 Å². The van der Waals surface area contributed by atoms with E-state index in [4.69, 9.17) is 14.6 Å². The summed E-state index contributed by atoms with van der Waals surface area (Å²) in [5.41, 5.74) is 2.82. The van der Waals surface area contributed by atoms with Gasteiger partial charge >= 0.3 is 12.1 Å². The quantitative estimate of drug-likeness (QED) is 0.313. The van der Waals surface area contributed by atoms with Crippen molar-refractivity contribution in [1.82, 2.24) is 14.8 Å². The van der Waals surface area contributed by atoms with Crippen LogP contribution in [-0.2, 0) is 17.4 Å². The van der Waals surface area contributed by atoms with Gasteiger partial charge in [-0.25, -0.2) is 9.67 Å². The lowest BCUT2D eigenvalue weighted by molar-refractivity contribution is -0.138. The fourth-order valence-corrected chi connectivity index (χ4v) is 5.48. The predicted octanol–water partition coefficient (Wildman–Crippen LogP) is 6.28. The Hall–Kier alpha value is -4.34. The number of carboxylic acid groups (broad SMARTS) is 1. The van der Waals surface area contributed by atoms with Gasteiger partial charge in [0.15, 0.2) is 0 Å². The highest BCUT2D eigenvalue weighted by atomic mass is 19.4. The zero-order valence-electron chi connectivity index (χ0n) is 20.9. The highest BCUT2D eigenvalue weighted by molar-refractivity contribution is 5.75. The summed E-state index contributed by atoms with van der Waals surface area (Å²) in [6.07, 6.45) is -2.44. The molecule has 1 aromatic heterocycles. The Bertz CT molecular complexity index is 1560. The number of benzene rings is 3. The monoisotopic (exact) mass is 535 g/mol. The first-order valence-electron chi connectivity index (χ1n) is 12.5. The SMILES string of the molecule is Cc1ncn(-c2ccc(-c3c(C(F)(F)F)ccc4c3CCC4Oc3ccc4c(c3)OCC4CC(=O)O)cc2)n1. The molecule has 6 rings (SSSR count). The van der Waals surface area contributed by atoms with Crippen LogP contribution < -0.4 is 9.47 Å². The van der Waals surface area contributed by atoms with E-state index in [1.165, 1.54) is 6.07 Å². The minimum atomic E-state index is -4.52. The van der Waals surface area contributed by atoms with E-state index in [1.807, 2.05) is 0 Å². The number of nitrogens with zero attached hydrogens (tertiary/aromatic N) is 3. The lowest BCUT2D eigenvalue weighted by atomic mass is 9.91. The van der Waals surface area contributed by atoms with Crippen molar-refractivity contribution >= 4 is 5.97 Å². The largest absolute Gasteiger partial charge is 0.492 e. The molecule has 0 fully saturated rings. The molecule has 1 aliphatic carbocycles. The second-order valence-electron chi connectivity index (χ2n) is 9.79. The molecule has 0 spiro atoms. The Kier molecular flexibility index (Phi) is 6.05. The van der Waals surface area contributed by atoms with E-state index in [0.717, 1.165) is 17.2 Å². The number of aryl methyl sites for hydroxylation is 1. The summed E-state index contributed by atoms with van der Waals surface area (Å²) in [6, 6.07) is 14.7. The van der Waals surface area contributed by atoms with Crippen molar-refractivity contribution in [2.45, 2.75) is 44.4 Å². The van der Waals surface area contributed by atoms with E-state index in [-0.39, 0.29) is 24.5 Å². The molecule has 0 saturated heterocycles. The summed E-state index contributed by atoms with van der Waals surface area (Å²) in [5.74, 6) is 0.586. The molecule has 2 unspecified atom stereocenters. The Morgan fingerprint density at radius 1 is 1.13 bits per heavy atom. The van der Waals surface area contributed by atoms with Crippen molar-refractivity contribution in [3.63, 3.8) is 0 Å². The molecule has 3 aromatic carbocycles. The Morgan fingerprint density at radius 3 is 2.59 bits per heavy atom. The molecule has 0 saturated carbocycles. The number of aliphatic carboxylic acids is 1. The van der Waals surface area contributed by atoms with Gasteiger partial charge in [0.1, 0.15) is 29.8 Å². The average molecular weight is 536 g/mol. The first kappa shape index (κ1) is 25.0. The van der Waals surface area contributed by atoms with Gasteiger partial charge in [0.2, 0.25) is 0 Å². The molecular weight excluding hydrogens is 511 g/mol. The van der Waals surface area contributed by atoms with Crippen molar-refractivity contribution < 1.29 is 32.5 Å². The molecule has 10 heteroatoms. The average Bonchev–Trinajstić information content (AvgIpc) is 3.62. The summed E-state index contributed by atoms with van der Waals surface area (Å²) >= 11 is 0. The zero-order valence-corrected chi connectivity index (χ0v) is 20.9. The van der Waals surface area contributed by atoms with Crippen molar-refractivity contribution in [1.29, 1.82) is 0 Å². The minimum absolute atomic E-state index is 0.0209. The summed E-state index contributed by atoms with van der Waals surface area (Å²) in [4.78, 5) is 15.2. The maximum atomic E-state index is 14.1. The standard InChI is InChI=1S/C29H24F3N3O4/c1-16-33-15-35(34-16)19-4-2-17(3-5-19)28-23-9-11-25(22(23)8-10-24(28)29(30,31)32)39-20-6-7-21-18(12-27(36)37)14-38-26(21)13-20/h2-8,10,13,15,18,25H,9,11-12,14H2,1H3,(H,36,37). The molecule has 2 heterocycles. The van der Waals surface area contributed by atoms with Crippen LogP contribution >= 0.6 is 0 Å². The second kappa shape index (κ2) is 9.44. The molecule has 7 nitrogen and oxygen atoms in total. The topological polar surface area (TPSA) is 86.5 Å². The third kappa shape index (κ3) is 4.71. The molecule has 2 atom stereocenters. The van der Waals surface area contributed by atoms with Gasteiger partial charge in [0, 0.05) is 17.5 Å². The first-order chi connectivity index (χ1) is 18.7. The Labute approximate surface area is 221 Å². The van der Waals surface area contributed by atoms with Crippen molar-refractivity contribution in [2.24, 2.45) is 0 Å². The summed E-state index contributed by atoms with van der Waals surface area (Å²) in [6.45, 7) is 2.05. The van der Waals surface area contributed by atoms with Crippen LogP contribution in [-0.4, -0.2) is 32.4 Å². The van der Waals surface area contributed by atoms with E-state index < -0.39 is 23.8 Å². The van der Waals surface area contributed by atoms with Crippen LogP contribution in [0.4, 0.5) is 13.2 Å². The maximum absolute atomic E-state index is 14.1. The van der Waals surface area contributed by atoms with Gasteiger partial charge in [-0.3, -0.25) is 4.79 Å². The molecule has 0 bridgehead atoms. The third-order valence-electron chi connectivity index (χ3n) is 7.25. The predicted molar refractivity (Wildman–Crippen MR) is 135 cm³/mol. The van der Waals surface area contributed by atoms with Gasteiger partial charge in [0.05, 0.1) is 24.3 Å². The summed E-state index contributed by atoms with van der Waals surface area (Å²) < 4.78 is 55.9. The van der Waals surface area contributed by atoms with E-state index >= 15 is 0 Å². The highest BCUT2D eigenvalue weighted by Crippen LogP contribution is 2.47. The number of aromatic nitrogens is 3. The number of carboxylic acids is 1. The van der Waals surface area contributed by atoms with Crippen LogP contribution in [0.15, 0.2) is 60.9 Å². The van der Waals surface area contributed by atoms with Crippen molar-refractivity contribution in [3.8, 4) is 28.3 Å². The fourth-order valence-electron chi connectivity index (χ4n) is 5.48. The van der Waals surface area contributed by atoms with Gasteiger partial charge in [-0.05, 0) is 66.3 Å². The minimum Gasteiger partial charge on any atom is -0.492 e. The van der Waals surface area contributed by atoms with Crippen LogP contribution in [0, 0.1) is 6.92 Å². The van der Waals surface area contributed by atoms with E-state index in [2.05, 4.69) is 10.1 Å². The van der Waals surface area contributed by atoms with Gasteiger partial charge in [-0.1, -0.05) is 24.3 Å². The van der Waals surface area contributed by atoms with Crippen LogP contribution in [0.1, 0.15) is 52.9 Å². The number of hydrogen-bond acceptors (Lipinski definition) is 5. The molecule has 0 radical (unpaired) electrons. The lowest BCUT2D eigenvalue weighted by Gasteiger charge is -2.20. The third-order valence-corrected chi connectivity index (χ3v) is 7.25. The van der Waals surface area contributed by atoms with E-state index in [1.54, 1.807) is 60.4 Å². The highest BCUT2D eigenvalue weighted by Gasteiger charge is 2.38. The maximum Gasteiger partial charge on any atom is 0.417 e. The second-order valence-corrected chi connectivity index (χ2v) is 9.79. The number of carbonyl (C=O) groups is 1. The van der Waals surface area contributed by atoms with Gasteiger partial charge in [-0.15, -0.1) is 0 Å². The van der Waals surface area contributed by atoms with E-state index in [9.17, 15) is 18.0 Å². The van der Waals surface area contributed by atoms with Crippen LogP contribution in [0.2, 0.25) is 0 Å². The van der Waals surface area contributed by atoms with Crippen LogP contribution in [0.25, 0.3) is 16.8 Å². The normalized spacial score (nSPS) is 17.9. The molecule has 2 aliphatic rings. The van der Waals surface area contributed by atoms with Gasteiger partial charge in [0.25, 0.3) is 0 Å². The van der Waals surface area contributed by atoms with E-state index in [0.29, 0.717) is 47.0 Å². The molecule has 4 aromatic rings. The smallest absolute Gasteiger partial charge is 0.417 e. The Morgan fingerprint density at radius 2 is 1.90 bits per heavy atom. The number of rotatable bonds is 6. The lowest BCUT2D eigenvalue weighted by Crippen LogP contribution is -2.10. The molecule has 0 amide bonds. The molecule has 1 N–H and O–H groups in total. The summed E-state index contributed by atoms with van der Waals surface area (Å²) in [7, 11) is 0. The number of hydrogen-bond donors (Lipinski definition) is 1. The number of fused-ring (bicyclic) bond motifs is 2. The van der Waals surface area contributed by atoms with Gasteiger partial charge in [-0.2, -0.15) is 18.3 Å². The van der Waals surface area contributed by atoms with Crippen LogP contribution in [0.5, 0.6) is 11.5 Å². The van der Waals surface area contributed by atoms with Crippen LogP contribution in [0.3, 0.4) is 0 Å².